The van der Waals surface area contributed by atoms with E-state index in [4.69, 9.17) is 9.41 Å². The highest BCUT2D eigenvalue weighted by molar-refractivity contribution is 6.74. The zero-order chi connectivity index (χ0) is 18.2. The predicted octanol–water partition coefficient (Wildman–Crippen LogP) is 6.23. The van der Waals surface area contributed by atoms with Crippen LogP contribution in [-0.2, 0) is 9.84 Å². The molecular weight excluding hydrogens is 310 g/mol. The normalized spacial score (nSPS) is 13.5. The molecule has 2 rings (SSSR count). The summed E-state index contributed by atoms with van der Waals surface area (Å²) in [5.41, 5.74) is 3.56. The number of hydrogen-bond donors (Lipinski definition) is 0. The van der Waals surface area contributed by atoms with E-state index in [9.17, 15) is 0 Å². The lowest BCUT2D eigenvalue weighted by Crippen LogP contribution is -2.41. The molecule has 0 spiro atoms. The Balaban J connectivity index is 2.16. The highest BCUT2D eigenvalue weighted by Crippen LogP contribution is 2.37. The van der Waals surface area contributed by atoms with Crippen molar-refractivity contribution in [1.82, 2.24) is 4.98 Å². The first kappa shape index (κ1) is 19.1. The van der Waals surface area contributed by atoms with Gasteiger partial charge in [0.2, 0.25) is 0 Å². The van der Waals surface area contributed by atoms with Gasteiger partial charge in [0.05, 0.1) is 5.52 Å². The molecule has 0 N–H and O–H groups in total. The molecule has 0 atom stereocenters. The number of hydrogen-bond acceptors (Lipinski definition) is 2. The molecular formula is C21H33NOSi. The molecule has 1 aromatic heterocycles. The zero-order valence-corrected chi connectivity index (χ0v) is 17.7. The molecule has 24 heavy (non-hydrogen) atoms. The Morgan fingerprint density at radius 2 is 1.67 bits per heavy atom. The summed E-state index contributed by atoms with van der Waals surface area (Å²) in [6.45, 7) is 19.0. The Bertz CT molecular complexity index is 713. The number of para-hydroxylation sites is 1. The van der Waals surface area contributed by atoms with Crippen molar-refractivity contribution < 1.29 is 4.43 Å². The van der Waals surface area contributed by atoms with Gasteiger partial charge < -0.3 is 4.43 Å². The Morgan fingerprint density at radius 1 is 1.04 bits per heavy atom. The topological polar surface area (TPSA) is 22.1 Å². The maximum absolute atomic E-state index is 6.38. The van der Waals surface area contributed by atoms with Gasteiger partial charge in [-0.05, 0) is 49.2 Å². The number of rotatable bonds is 5. The maximum atomic E-state index is 6.38. The van der Waals surface area contributed by atoms with Crippen LogP contribution in [0.3, 0.4) is 0 Å². The second-order valence-corrected chi connectivity index (χ2v) is 13.9. The van der Waals surface area contributed by atoms with E-state index in [0.29, 0.717) is 0 Å². The molecule has 0 aliphatic heterocycles. The quantitative estimate of drug-likeness (QED) is 0.600. The smallest absolute Gasteiger partial charge is 0.191 e. The van der Waals surface area contributed by atoms with Gasteiger partial charge in [-0.3, -0.25) is 4.98 Å². The number of benzene rings is 1. The Labute approximate surface area is 148 Å². The van der Waals surface area contributed by atoms with E-state index in [-0.39, 0.29) is 10.5 Å². The van der Waals surface area contributed by atoms with Crippen molar-refractivity contribution in [3.63, 3.8) is 0 Å². The van der Waals surface area contributed by atoms with Crippen LogP contribution in [0.5, 0.6) is 0 Å². The highest BCUT2D eigenvalue weighted by Gasteiger charge is 2.37. The molecule has 1 heterocycles. The van der Waals surface area contributed by atoms with Gasteiger partial charge in [0.15, 0.2) is 8.32 Å². The van der Waals surface area contributed by atoms with Crippen LogP contribution in [0.2, 0.25) is 18.1 Å². The number of nitrogens with zero attached hydrogens (tertiary/aromatic N) is 1. The molecule has 0 saturated heterocycles. The summed E-state index contributed by atoms with van der Waals surface area (Å²) in [6, 6.07) is 10.6. The molecule has 2 aromatic rings. The third-order valence-corrected chi connectivity index (χ3v) is 10.2. The molecule has 1 aromatic carbocycles. The van der Waals surface area contributed by atoms with Crippen LogP contribution in [0, 0.1) is 6.92 Å². The number of aromatic nitrogens is 1. The molecule has 132 valence electrons. The van der Waals surface area contributed by atoms with Crippen molar-refractivity contribution in [2.45, 2.75) is 71.5 Å². The lowest BCUT2D eigenvalue weighted by molar-refractivity contribution is 0.249. The first-order chi connectivity index (χ1) is 10.9. The van der Waals surface area contributed by atoms with Gasteiger partial charge in [0.25, 0.3) is 0 Å². The first-order valence-corrected chi connectivity index (χ1v) is 11.9. The minimum Gasteiger partial charge on any atom is -0.417 e. The van der Waals surface area contributed by atoms with Gasteiger partial charge in [-0.1, -0.05) is 52.8 Å². The van der Waals surface area contributed by atoms with Crippen LogP contribution < -0.4 is 0 Å². The second-order valence-electron chi connectivity index (χ2n) is 9.08. The molecule has 0 saturated carbocycles. The van der Waals surface area contributed by atoms with Crippen molar-refractivity contribution in [3.05, 3.63) is 41.6 Å². The largest absolute Gasteiger partial charge is 0.417 e. The van der Waals surface area contributed by atoms with E-state index >= 15 is 0 Å². The van der Waals surface area contributed by atoms with Gasteiger partial charge in [0, 0.05) is 23.1 Å². The monoisotopic (exact) mass is 343 g/mol. The highest BCUT2D eigenvalue weighted by atomic mass is 28.4. The zero-order valence-electron chi connectivity index (χ0n) is 16.7. The molecule has 3 heteroatoms. The van der Waals surface area contributed by atoms with Crippen molar-refractivity contribution in [1.29, 1.82) is 0 Å². The average molecular weight is 344 g/mol. The Morgan fingerprint density at radius 3 is 2.29 bits per heavy atom. The summed E-state index contributed by atoms with van der Waals surface area (Å²) in [5.74, 6) is 0. The van der Waals surface area contributed by atoms with Crippen LogP contribution in [0.15, 0.2) is 30.3 Å². The summed E-state index contributed by atoms with van der Waals surface area (Å²) >= 11 is 0. The molecule has 0 fully saturated rings. The SMILES string of the molecule is Cc1cc(C(C)(C)CCO[Si](C)(C)C(C)(C)C)nc2ccccc12. The molecule has 0 radical (unpaired) electrons. The van der Waals surface area contributed by atoms with Crippen molar-refractivity contribution in [2.24, 2.45) is 0 Å². The third-order valence-electron chi connectivity index (χ3n) is 5.61. The van der Waals surface area contributed by atoms with E-state index in [2.05, 4.69) is 85.0 Å². The first-order valence-electron chi connectivity index (χ1n) is 8.95. The number of fused-ring (bicyclic) bond motifs is 1. The average Bonchev–Trinajstić information content (AvgIpc) is 2.45. The Hall–Kier alpha value is -1.19. The van der Waals surface area contributed by atoms with Crippen molar-refractivity contribution in [2.75, 3.05) is 6.61 Å². The predicted molar refractivity (Wildman–Crippen MR) is 107 cm³/mol. The lowest BCUT2D eigenvalue weighted by Gasteiger charge is -2.37. The summed E-state index contributed by atoms with van der Waals surface area (Å²) < 4.78 is 6.38. The standard InChI is InChI=1S/C21H33NOSi/c1-16-15-19(22-18-12-10-9-11-17(16)18)21(5,6)13-14-23-24(7,8)20(2,3)4/h9-12,15H,13-14H2,1-8H3. The van der Waals surface area contributed by atoms with Crippen LogP contribution in [0.25, 0.3) is 10.9 Å². The minimum atomic E-state index is -1.68. The lowest BCUT2D eigenvalue weighted by atomic mass is 9.84. The fourth-order valence-corrected chi connectivity index (χ4v) is 3.65. The van der Waals surface area contributed by atoms with Crippen LogP contribution in [-0.4, -0.2) is 19.9 Å². The van der Waals surface area contributed by atoms with E-state index in [1.165, 1.54) is 10.9 Å². The molecule has 0 bridgehead atoms. The van der Waals surface area contributed by atoms with Gasteiger partial charge in [-0.15, -0.1) is 0 Å². The fourth-order valence-electron chi connectivity index (χ4n) is 2.60. The van der Waals surface area contributed by atoms with Gasteiger partial charge >= 0.3 is 0 Å². The summed E-state index contributed by atoms with van der Waals surface area (Å²) in [7, 11) is -1.68. The number of pyridine rings is 1. The van der Waals surface area contributed by atoms with E-state index < -0.39 is 8.32 Å². The summed E-state index contributed by atoms with van der Waals surface area (Å²) in [4.78, 5) is 4.93. The van der Waals surface area contributed by atoms with Crippen LogP contribution in [0.4, 0.5) is 0 Å². The molecule has 0 amide bonds. The maximum Gasteiger partial charge on any atom is 0.191 e. The third kappa shape index (κ3) is 4.07. The summed E-state index contributed by atoms with van der Waals surface area (Å²) in [6.07, 6.45) is 0.990. The second kappa shape index (κ2) is 6.60. The van der Waals surface area contributed by atoms with Gasteiger partial charge in [-0.25, -0.2) is 0 Å². The molecule has 0 aliphatic carbocycles. The van der Waals surface area contributed by atoms with Crippen molar-refractivity contribution >= 4 is 19.2 Å². The fraction of sp³-hybridized carbons (Fsp3) is 0.571. The van der Waals surface area contributed by atoms with E-state index in [0.717, 1.165) is 24.2 Å². The van der Waals surface area contributed by atoms with E-state index in [1.807, 2.05) is 0 Å². The van der Waals surface area contributed by atoms with Crippen LogP contribution in [0.1, 0.15) is 52.3 Å². The Kier molecular flexibility index (Phi) is 5.27. The molecule has 0 unspecified atom stereocenters. The molecule has 0 aliphatic rings. The summed E-state index contributed by atoms with van der Waals surface area (Å²) in [5, 5.41) is 1.50. The van der Waals surface area contributed by atoms with Gasteiger partial charge in [0.1, 0.15) is 0 Å². The minimum absolute atomic E-state index is 0.0111. The van der Waals surface area contributed by atoms with Crippen molar-refractivity contribution in [3.8, 4) is 0 Å². The van der Waals surface area contributed by atoms with E-state index in [1.54, 1.807) is 0 Å². The van der Waals surface area contributed by atoms with Crippen LogP contribution >= 0.6 is 0 Å². The number of aryl methyl sites for hydroxylation is 1. The molecule has 2 nitrogen and oxygen atoms in total. The van der Waals surface area contributed by atoms with Gasteiger partial charge in [-0.2, -0.15) is 0 Å².